The molecule has 0 aliphatic carbocycles. The maximum atomic E-state index is 11.0. The fourth-order valence-corrected chi connectivity index (χ4v) is 2.30. The molecule has 1 aromatic heterocycles. The molecule has 0 atom stereocenters. The average Bonchev–Trinajstić information content (AvgIpc) is 2.88. The van der Waals surface area contributed by atoms with E-state index in [4.69, 9.17) is 5.73 Å². The van der Waals surface area contributed by atoms with Crippen LogP contribution in [0.25, 0.3) is 10.9 Å². The van der Waals surface area contributed by atoms with Crippen LogP contribution in [0.4, 0.5) is 11.4 Å². The fraction of sp³-hybridized carbons (Fsp3) is 0.0714. The molecule has 0 aliphatic rings. The Bertz CT molecular complexity index is 795. The van der Waals surface area contributed by atoms with Crippen molar-refractivity contribution in [2.75, 3.05) is 5.73 Å². The maximum Gasteiger partial charge on any atom is 0.272 e. The SMILES string of the molecule is Nc1cc(Cc2ccccc2[N+](=O)[O-])cc2[nH]ncc12. The van der Waals surface area contributed by atoms with Crippen LogP contribution in [-0.2, 0) is 6.42 Å². The lowest BCUT2D eigenvalue weighted by atomic mass is 10.0. The first-order valence-electron chi connectivity index (χ1n) is 6.09. The van der Waals surface area contributed by atoms with Gasteiger partial charge in [0.1, 0.15) is 0 Å². The summed E-state index contributed by atoms with van der Waals surface area (Å²) in [5, 5.41) is 18.7. The minimum absolute atomic E-state index is 0.121. The molecule has 0 fully saturated rings. The van der Waals surface area contributed by atoms with Gasteiger partial charge in [0.05, 0.1) is 16.6 Å². The number of aromatic amines is 1. The zero-order valence-corrected chi connectivity index (χ0v) is 10.5. The van der Waals surface area contributed by atoms with Crippen molar-refractivity contribution in [3.63, 3.8) is 0 Å². The molecule has 0 spiro atoms. The van der Waals surface area contributed by atoms with Crippen molar-refractivity contribution < 1.29 is 4.92 Å². The molecule has 6 heteroatoms. The van der Waals surface area contributed by atoms with Crippen LogP contribution in [0.5, 0.6) is 0 Å². The van der Waals surface area contributed by atoms with Crippen molar-refractivity contribution in [2.24, 2.45) is 0 Å². The number of H-pyrrole nitrogens is 1. The van der Waals surface area contributed by atoms with E-state index >= 15 is 0 Å². The number of benzene rings is 2. The summed E-state index contributed by atoms with van der Waals surface area (Å²) in [5.74, 6) is 0. The summed E-state index contributed by atoms with van der Waals surface area (Å²) < 4.78 is 0. The number of fused-ring (bicyclic) bond motifs is 1. The molecule has 0 saturated carbocycles. The van der Waals surface area contributed by atoms with Crippen LogP contribution in [-0.4, -0.2) is 15.1 Å². The highest BCUT2D eigenvalue weighted by Crippen LogP contribution is 2.25. The summed E-state index contributed by atoms with van der Waals surface area (Å²) >= 11 is 0. The molecule has 20 heavy (non-hydrogen) atoms. The Kier molecular flexibility index (Phi) is 2.83. The van der Waals surface area contributed by atoms with Gasteiger partial charge in [0.2, 0.25) is 0 Å². The number of hydrogen-bond donors (Lipinski definition) is 2. The monoisotopic (exact) mass is 268 g/mol. The average molecular weight is 268 g/mol. The summed E-state index contributed by atoms with van der Waals surface area (Å²) in [6.07, 6.45) is 2.12. The van der Waals surface area contributed by atoms with Gasteiger partial charge in [-0.3, -0.25) is 15.2 Å². The first kappa shape index (κ1) is 12.2. The molecular formula is C14H12N4O2. The molecule has 0 unspecified atom stereocenters. The molecule has 3 rings (SSSR count). The number of rotatable bonds is 3. The molecular weight excluding hydrogens is 256 g/mol. The van der Waals surface area contributed by atoms with Crippen molar-refractivity contribution in [2.45, 2.75) is 6.42 Å². The van der Waals surface area contributed by atoms with Crippen LogP contribution >= 0.6 is 0 Å². The second kappa shape index (κ2) is 4.65. The molecule has 0 bridgehead atoms. The Hall–Kier alpha value is -2.89. The highest BCUT2D eigenvalue weighted by atomic mass is 16.6. The van der Waals surface area contributed by atoms with Crippen LogP contribution in [0.1, 0.15) is 11.1 Å². The molecule has 0 saturated heterocycles. The van der Waals surface area contributed by atoms with E-state index in [0.29, 0.717) is 17.7 Å². The lowest BCUT2D eigenvalue weighted by molar-refractivity contribution is -0.385. The van der Waals surface area contributed by atoms with E-state index in [1.165, 1.54) is 6.07 Å². The zero-order valence-electron chi connectivity index (χ0n) is 10.5. The van der Waals surface area contributed by atoms with Crippen LogP contribution < -0.4 is 5.73 Å². The van der Waals surface area contributed by atoms with Crippen LogP contribution in [0.2, 0.25) is 0 Å². The van der Waals surface area contributed by atoms with E-state index in [0.717, 1.165) is 16.5 Å². The van der Waals surface area contributed by atoms with Crippen LogP contribution in [0, 0.1) is 10.1 Å². The van der Waals surface area contributed by atoms with Gasteiger partial charge in [-0.05, 0) is 17.7 Å². The summed E-state index contributed by atoms with van der Waals surface area (Å²) in [7, 11) is 0. The first-order chi connectivity index (χ1) is 9.65. The lowest BCUT2D eigenvalue weighted by Gasteiger charge is -2.05. The Morgan fingerprint density at radius 3 is 2.90 bits per heavy atom. The molecule has 1 heterocycles. The minimum Gasteiger partial charge on any atom is -0.398 e. The summed E-state index contributed by atoms with van der Waals surface area (Å²) in [6, 6.07) is 10.5. The van der Waals surface area contributed by atoms with Gasteiger partial charge in [0, 0.05) is 29.1 Å². The number of nitrogens with two attached hydrogens (primary N) is 1. The third kappa shape index (κ3) is 2.07. The third-order valence-electron chi connectivity index (χ3n) is 3.23. The molecule has 0 aliphatic heterocycles. The third-order valence-corrected chi connectivity index (χ3v) is 3.23. The van der Waals surface area contributed by atoms with Crippen molar-refractivity contribution in [3.05, 3.63) is 63.8 Å². The number of nitro benzene ring substituents is 1. The predicted octanol–water partition coefficient (Wildman–Crippen LogP) is 2.64. The minimum atomic E-state index is -0.368. The largest absolute Gasteiger partial charge is 0.398 e. The highest BCUT2D eigenvalue weighted by Gasteiger charge is 2.13. The van der Waals surface area contributed by atoms with Crippen LogP contribution in [0.3, 0.4) is 0 Å². The van der Waals surface area contributed by atoms with Gasteiger partial charge in [-0.25, -0.2) is 0 Å². The van der Waals surface area contributed by atoms with E-state index in [2.05, 4.69) is 10.2 Å². The molecule has 3 aromatic rings. The summed E-state index contributed by atoms with van der Waals surface area (Å²) in [4.78, 5) is 10.6. The summed E-state index contributed by atoms with van der Waals surface area (Å²) in [5.41, 5.74) is 9.10. The van der Waals surface area contributed by atoms with Gasteiger partial charge >= 0.3 is 0 Å². The van der Waals surface area contributed by atoms with E-state index in [1.54, 1.807) is 24.4 Å². The van der Waals surface area contributed by atoms with Gasteiger partial charge in [0.15, 0.2) is 0 Å². The number of aromatic nitrogens is 2. The quantitative estimate of drug-likeness (QED) is 0.433. The van der Waals surface area contributed by atoms with Gasteiger partial charge in [0.25, 0.3) is 5.69 Å². The van der Waals surface area contributed by atoms with Gasteiger partial charge in [-0.2, -0.15) is 5.10 Å². The topological polar surface area (TPSA) is 97.8 Å². The fourth-order valence-electron chi connectivity index (χ4n) is 2.30. The number of hydrogen-bond acceptors (Lipinski definition) is 4. The van der Waals surface area contributed by atoms with Gasteiger partial charge < -0.3 is 5.73 Å². The number of anilines is 1. The van der Waals surface area contributed by atoms with Gasteiger partial charge in [-0.1, -0.05) is 18.2 Å². The van der Waals surface area contributed by atoms with Crippen molar-refractivity contribution in [1.82, 2.24) is 10.2 Å². The highest BCUT2D eigenvalue weighted by molar-refractivity contribution is 5.90. The second-order valence-corrected chi connectivity index (χ2v) is 4.58. The zero-order chi connectivity index (χ0) is 14.1. The molecule has 0 radical (unpaired) electrons. The van der Waals surface area contributed by atoms with Gasteiger partial charge in [-0.15, -0.1) is 0 Å². The van der Waals surface area contributed by atoms with E-state index in [9.17, 15) is 10.1 Å². The predicted molar refractivity (Wildman–Crippen MR) is 76.4 cm³/mol. The first-order valence-corrected chi connectivity index (χ1v) is 6.09. The van der Waals surface area contributed by atoms with Crippen molar-refractivity contribution in [3.8, 4) is 0 Å². The maximum absolute atomic E-state index is 11.0. The summed E-state index contributed by atoms with van der Waals surface area (Å²) in [6.45, 7) is 0. The Morgan fingerprint density at radius 2 is 2.10 bits per heavy atom. The van der Waals surface area contributed by atoms with E-state index in [1.807, 2.05) is 12.1 Å². The molecule has 3 N–H and O–H groups in total. The normalized spacial score (nSPS) is 10.8. The van der Waals surface area contributed by atoms with Crippen LogP contribution in [0.15, 0.2) is 42.6 Å². The van der Waals surface area contributed by atoms with E-state index in [-0.39, 0.29) is 10.6 Å². The number of nitrogen functional groups attached to an aromatic ring is 1. The number of para-hydroxylation sites is 1. The standard InChI is InChI=1S/C14H12N4O2/c15-12-6-9(7-13-11(12)8-16-17-13)5-10-3-1-2-4-14(10)18(19)20/h1-4,6-8H,5,15H2,(H,16,17). The molecule has 6 nitrogen and oxygen atoms in total. The lowest BCUT2D eigenvalue weighted by Crippen LogP contribution is -1.97. The Balaban J connectivity index is 2.03. The smallest absolute Gasteiger partial charge is 0.272 e. The Morgan fingerprint density at radius 1 is 1.30 bits per heavy atom. The Labute approximate surface area is 114 Å². The van der Waals surface area contributed by atoms with E-state index < -0.39 is 0 Å². The number of nitro groups is 1. The number of nitrogens with one attached hydrogen (secondary N) is 1. The number of nitrogens with zero attached hydrogens (tertiary/aromatic N) is 2. The van der Waals surface area contributed by atoms with Crippen molar-refractivity contribution >= 4 is 22.3 Å². The van der Waals surface area contributed by atoms with Crippen molar-refractivity contribution in [1.29, 1.82) is 0 Å². The molecule has 2 aromatic carbocycles. The molecule has 100 valence electrons. The molecule has 0 amide bonds. The second-order valence-electron chi connectivity index (χ2n) is 4.58.